The van der Waals surface area contributed by atoms with Gasteiger partial charge in [-0.3, -0.25) is 14.5 Å². The van der Waals surface area contributed by atoms with Crippen LogP contribution in [0.3, 0.4) is 0 Å². The number of carbonyl (C=O) groups excluding carboxylic acids is 1. The number of fused-ring (bicyclic) bond motifs is 1. The Balaban J connectivity index is 1.24. The van der Waals surface area contributed by atoms with Gasteiger partial charge < -0.3 is 9.47 Å². The number of aryl methyl sites for hydroxylation is 3. The minimum atomic E-state index is -0.0898. The van der Waals surface area contributed by atoms with E-state index in [2.05, 4.69) is 38.8 Å². The Hall–Kier alpha value is -3.29. The zero-order chi connectivity index (χ0) is 24.0. The molecule has 0 atom stereocenters. The predicted octanol–water partition coefficient (Wildman–Crippen LogP) is 3.98. The Morgan fingerprint density at radius 1 is 0.886 bits per heavy atom. The minimum Gasteiger partial charge on any atom is -0.340 e. The van der Waals surface area contributed by atoms with Crippen LogP contribution in [-0.2, 0) is 30.7 Å². The monoisotopic (exact) mass is 486 g/mol. The number of aromatic nitrogens is 2. The molecule has 180 valence electrons. The molecule has 7 heteroatoms. The van der Waals surface area contributed by atoms with Crippen molar-refractivity contribution in [1.29, 1.82) is 0 Å². The summed E-state index contributed by atoms with van der Waals surface area (Å²) in [4.78, 5) is 35.3. The van der Waals surface area contributed by atoms with E-state index < -0.39 is 0 Å². The van der Waals surface area contributed by atoms with Crippen molar-refractivity contribution in [3.63, 3.8) is 0 Å². The van der Waals surface area contributed by atoms with E-state index in [1.165, 1.54) is 11.1 Å². The summed E-state index contributed by atoms with van der Waals surface area (Å²) in [6.07, 6.45) is 1.44. The zero-order valence-corrected chi connectivity index (χ0v) is 20.6. The number of benzene rings is 2. The number of para-hydroxylation sites is 2. The van der Waals surface area contributed by atoms with Gasteiger partial charge in [-0.05, 0) is 46.5 Å². The van der Waals surface area contributed by atoms with Crippen LogP contribution < -0.4 is 5.56 Å². The molecule has 2 aromatic carbocycles. The molecule has 1 saturated heterocycles. The molecule has 35 heavy (non-hydrogen) atoms. The predicted molar refractivity (Wildman–Crippen MR) is 141 cm³/mol. The topological polar surface area (TPSA) is 58.4 Å². The lowest BCUT2D eigenvalue weighted by molar-refractivity contribution is -0.133. The van der Waals surface area contributed by atoms with Crippen molar-refractivity contribution in [1.82, 2.24) is 19.4 Å². The van der Waals surface area contributed by atoms with Gasteiger partial charge in [-0.1, -0.05) is 42.5 Å². The fourth-order valence-corrected chi connectivity index (χ4v) is 5.36. The van der Waals surface area contributed by atoms with E-state index in [0.29, 0.717) is 25.1 Å². The smallest absolute Gasteiger partial charge is 0.272 e. The van der Waals surface area contributed by atoms with E-state index in [1.54, 1.807) is 11.3 Å². The maximum absolute atomic E-state index is 13.4. The number of amides is 1. The van der Waals surface area contributed by atoms with E-state index in [4.69, 9.17) is 0 Å². The van der Waals surface area contributed by atoms with E-state index >= 15 is 0 Å². The molecule has 1 aliphatic rings. The highest BCUT2D eigenvalue weighted by Gasteiger charge is 2.22. The maximum atomic E-state index is 13.4. The Kier molecular flexibility index (Phi) is 7.35. The first-order valence-electron chi connectivity index (χ1n) is 12.2. The number of thiophene rings is 1. The van der Waals surface area contributed by atoms with Gasteiger partial charge in [0.1, 0.15) is 5.69 Å². The van der Waals surface area contributed by atoms with Gasteiger partial charge in [0.25, 0.3) is 5.56 Å². The normalized spacial score (nSPS) is 14.5. The summed E-state index contributed by atoms with van der Waals surface area (Å²) < 4.78 is 1.82. The van der Waals surface area contributed by atoms with Crippen LogP contribution in [0.2, 0.25) is 0 Å². The second kappa shape index (κ2) is 11.0. The van der Waals surface area contributed by atoms with Crippen molar-refractivity contribution in [2.24, 2.45) is 0 Å². The molecule has 5 rings (SSSR count). The molecule has 0 saturated carbocycles. The van der Waals surface area contributed by atoms with Crippen LogP contribution in [0.5, 0.6) is 0 Å². The molecule has 3 heterocycles. The molecule has 1 fully saturated rings. The third-order valence-corrected chi connectivity index (χ3v) is 7.41. The Labute approximate surface area is 209 Å². The Bertz CT molecular complexity index is 1330. The quantitative estimate of drug-likeness (QED) is 0.378. The Morgan fingerprint density at radius 2 is 1.66 bits per heavy atom. The lowest BCUT2D eigenvalue weighted by atomic mass is 10.1. The molecule has 0 radical (unpaired) electrons. The van der Waals surface area contributed by atoms with Crippen molar-refractivity contribution in [3.05, 3.63) is 98.6 Å². The number of hydrogen-bond acceptors (Lipinski definition) is 5. The lowest BCUT2D eigenvalue weighted by Crippen LogP contribution is -2.48. The zero-order valence-electron chi connectivity index (χ0n) is 19.8. The summed E-state index contributed by atoms with van der Waals surface area (Å²) in [5.74, 6) is 0.102. The first-order valence-corrected chi connectivity index (χ1v) is 13.2. The standard InChI is InChI=1S/C28H30N4O2S/c33-27(31-17-15-30(16-18-31)20-23-13-19-35-21-23)11-10-25-28(34)32(14-12-22-6-2-1-3-7-22)26-9-5-4-8-24(26)29-25/h1-9,13,19,21H,10-12,14-18,20H2. The number of nitrogens with zero attached hydrogens (tertiary/aromatic N) is 4. The second-order valence-electron chi connectivity index (χ2n) is 9.03. The second-order valence-corrected chi connectivity index (χ2v) is 9.81. The van der Waals surface area contributed by atoms with Gasteiger partial charge in [0.05, 0.1) is 11.0 Å². The largest absolute Gasteiger partial charge is 0.340 e. The lowest BCUT2D eigenvalue weighted by Gasteiger charge is -2.34. The van der Waals surface area contributed by atoms with Crippen LogP contribution in [-0.4, -0.2) is 51.4 Å². The third-order valence-electron chi connectivity index (χ3n) is 6.67. The fourth-order valence-electron chi connectivity index (χ4n) is 4.70. The number of carbonyl (C=O) groups is 1. The minimum absolute atomic E-state index is 0.0898. The van der Waals surface area contributed by atoms with Crippen LogP contribution in [0.15, 0.2) is 76.2 Å². The van der Waals surface area contributed by atoms with Crippen molar-refractivity contribution in [2.45, 2.75) is 32.4 Å². The first-order chi connectivity index (χ1) is 17.2. The highest BCUT2D eigenvalue weighted by atomic mass is 32.1. The maximum Gasteiger partial charge on any atom is 0.272 e. The highest BCUT2D eigenvalue weighted by Crippen LogP contribution is 2.14. The molecule has 1 aliphatic heterocycles. The SMILES string of the molecule is O=C(CCc1nc2ccccc2n(CCc2ccccc2)c1=O)N1CCN(Cc2ccsc2)CC1. The average molecular weight is 487 g/mol. The summed E-state index contributed by atoms with van der Waals surface area (Å²) in [5, 5.41) is 4.28. The molecule has 0 unspecified atom stereocenters. The summed E-state index contributed by atoms with van der Waals surface area (Å²) in [6.45, 7) is 4.74. The van der Waals surface area contributed by atoms with Crippen molar-refractivity contribution in [2.75, 3.05) is 26.2 Å². The van der Waals surface area contributed by atoms with Gasteiger partial charge in [-0.15, -0.1) is 0 Å². The Morgan fingerprint density at radius 3 is 2.43 bits per heavy atom. The molecule has 0 bridgehead atoms. The summed E-state index contributed by atoms with van der Waals surface area (Å²) >= 11 is 1.72. The number of piperazine rings is 1. The van der Waals surface area contributed by atoms with Gasteiger partial charge in [-0.25, -0.2) is 4.98 Å². The molecular weight excluding hydrogens is 456 g/mol. The van der Waals surface area contributed by atoms with Gasteiger partial charge in [0.2, 0.25) is 5.91 Å². The van der Waals surface area contributed by atoms with Crippen LogP contribution in [0.25, 0.3) is 11.0 Å². The molecule has 0 aliphatic carbocycles. The van der Waals surface area contributed by atoms with Gasteiger partial charge in [-0.2, -0.15) is 11.3 Å². The molecular formula is C28H30N4O2S. The highest BCUT2D eigenvalue weighted by molar-refractivity contribution is 7.07. The van der Waals surface area contributed by atoms with Crippen molar-refractivity contribution in [3.8, 4) is 0 Å². The third kappa shape index (κ3) is 5.69. The van der Waals surface area contributed by atoms with Gasteiger partial charge in [0.15, 0.2) is 0 Å². The molecule has 4 aromatic rings. The molecule has 0 spiro atoms. The number of rotatable bonds is 8. The first kappa shape index (κ1) is 23.5. The van der Waals surface area contributed by atoms with Crippen LogP contribution in [0.1, 0.15) is 23.2 Å². The summed E-state index contributed by atoms with van der Waals surface area (Å²) in [5.41, 5.74) is 4.54. The van der Waals surface area contributed by atoms with E-state index in [-0.39, 0.29) is 11.5 Å². The van der Waals surface area contributed by atoms with Crippen LogP contribution >= 0.6 is 11.3 Å². The molecule has 2 aromatic heterocycles. The summed E-state index contributed by atoms with van der Waals surface area (Å²) in [7, 11) is 0. The average Bonchev–Trinajstić information content (AvgIpc) is 3.41. The van der Waals surface area contributed by atoms with Crippen molar-refractivity contribution < 1.29 is 4.79 Å². The number of hydrogen-bond donors (Lipinski definition) is 0. The summed E-state index contributed by atoms with van der Waals surface area (Å²) in [6, 6.07) is 20.1. The van der Waals surface area contributed by atoms with E-state index in [0.717, 1.165) is 50.2 Å². The van der Waals surface area contributed by atoms with Crippen LogP contribution in [0.4, 0.5) is 0 Å². The molecule has 1 amide bonds. The fraction of sp³-hybridized carbons (Fsp3) is 0.321. The van der Waals surface area contributed by atoms with Gasteiger partial charge >= 0.3 is 0 Å². The van der Waals surface area contributed by atoms with Gasteiger partial charge in [0, 0.05) is 52.1 Å². The van der Waals surface area contributed by atoms with Crippen LogP contribution in [0, 0.1) is 0 Å². The van der Waals surface area contributed by atoms with E-state index in [1.807, 2.05) is 51.9 Å². The molecule has 6 nitrogen and oxygen atoms in total. The van der Waals surface area contributed by atoms with Crippen molar-refractivity contribution >= 4 is 28.3 Å². The van der Waals surface area contributed by atoms with E-state index in [9.17, 15) is 9.59 Å². The molecule has 0 N–H and O–H groups in total.